The molecule has 6 heteroatoms. The fourth-order valence-corrected chi connectivity index (χ4v) is 2.53. The van der Waals surface area contributed by atoms with E-state index in [0.29, 0.717) is 0 Å². The molecular weight excluding hydrogens is 254 g/mol. The third-order valence-electron chi connectivity index (χ3n) is 3.56. The maximum absolute atomic E-state index is 11.8. The molecule has 3 rings (SSSR count). The molecule has 2 aromatic rings. The van der Waals surface area contributed by atoms with Crippen LogP contribution in [-0.4, -0.2) is 45.7 Å². The predicted molar refractivity (Wildman–Crippen MR) is 75.7 cm³/mol. The van der Waals surface area contributed by atoms with Crippen molar-refractivity contribution in [2.45, 2.75) is 13.5 Å². The fourth-order valence-electron chi connectivity index (χ4n) is 2.53. The average Bonchev–Trinajstić information content (AvgIpc) is 2.88. The number of carbonyl (C=O) groups is 1. The first-order chi connectivity index (χ1) is 9.65. The Balaban J connectivity index is 2.06. The lowest BCUT2D eigenvalue weighted by Gasteiger charge is -2.21. The summed E-state index contributed by atoms with van der Waals surface area (Å²) in [5.41, 5.74) is 3.08. The molecule has 104 valence electrons. The van der Waals surface area contributed by atoms with Crippen LogP contribution in [0, 0.1) is 0 Å². The Morgan fingerprint density at radius 2 is 2.15 bits per heavy atom. The minimum Gasteiger partial charge on any atom is -0.311 e. The molecule has 0 unspecified atom stereocenters. The van der Waals surface area contributed by atoms with Gasteiger partial charge in [0.1, 0.15) is 12.7 Å². The highest BCUT2D eigenvalue weighted by atomic mass is 16.2. The van der Waals surface area contributed by atoms with Crippen LogP contribution < -0.4 is 4.90 Å². The highest BCUT2D eigenvalue weighted by Crippen LogP contribution is 2.27. The van der Waals surface area contributed by atoms with Gasteiger partial charge in [0.25, 0.3) is 0 Å². The van der Waals surface area contributed by atoms with E-state index in [1.807, 2.05) is 17.0 Å². The first-order valence-electron chi connectivity index (χ1n) is 6.60. The minimum absolute atomic E-state index is 0.0788. The summed E-state index contributed by atoms with van der Waals surface area (Å²) in [6.45, 7) is 4.02. The molecule has 0 spiro atoms. The van der Waals surface area contributed by atoms with Crippen molar-refractivity contribution in [1.29, 1.82) is 0 Å². The molecule has 0 N–H and O–H groups in total. The van der Waals surface area contributed by atoms with Gasteiger partial charge in [0.2, 0.25) is 5.91 Å². The van der Waals surface area contributed by atoms with Crippen LogP contribution in [-0.2, 0) is 11.3 Å². The Morgan fingerprint density at radius 3 is 2.85 bits per heavy atom. The monoisotopic (exact) mass is 271 g/mol. The van der Waals surface area contributed by atoms with Gasteiger partial charge in [-0.25, -0.2) is 9.67 Å². The van der Waals surface area contributed by atoms with E-state index in [0.717, 1.165) is 36.6 Å². The lowest BCUT2D eigenvalue weighted by atomic mass is 10.1. The van der Waals surface area contributed by atoms with Gasteiger partial charge < -0.3 is 9.80 Å². The zero-order chi connectivity index (χ0) is 14.1. The normalized spacial score (nSPS) is 15.8. The molecule has 0 atom stereocenters. The lowest BCUT2D eigenvalue weighted by Crippen LogP contribution is -2.33. The van der Waals surface area contributed by atoms with Gasteiger partial charge in [-0.2, -0.15) is 5.10 Å². The summed E-state index contributed by atoms with van der Waals surface area (Å²) in [5, 5.41) is 4.14. The van der Waals surface area contributed by atoms with Crippen molar-refractivity contribution in [2.75, 3.05) is 25.0 Å². The Kier molecular flexibility index (Phi) is 3.23. The third-order valence-corrected chi connectivity index (χ3v) is 3.56. The molecule has 1 amide bonds. The Hall–Kier alpha value is -2.21. The van der Waals surface area contributed by atoms with Crippen molar-refractivity contribution < 1.29 is 4.79 Å². The van der Waals surface area contributed by atoms with Crippen molar-refractivity contribution in [1.82, 2.24) is 19.7 Å². The zero-order valence-electron chi connectivity index (χ0n) is 11.7. The van der Waals surface area contributed by atoms with Gasteiger partial charge in [0, 0.05) is 32.2 Å². The van der Waals surface area contributed by atoms with Crippen LogP contribution in [0.15, 0.2) is 30.9 Å². The number of anilines is 1. The number of amides is 1. The Bertz CT molecular complexity index is 622. The second-order valence-electron chi connectivity index (χ2n) is 5.06. The van der Waals surface area contributed by atoms with E-state index in [1.165, 1.54) is 6.33 Å². The van der Waals surface area contributed by atoms with Crippen molar-refractivity contribution >= 4 is 11.6 Å². The molecule has 20 heavy (non-hydrogen) atoms. The van der Waals surface area contributed by atoms with Gasteiger partial charge in [0.05, 0.1) is 5.69 Å². The third kappa shape index (κ3) is 2.30. The SMILES string of the molecule is CC(=O)N1CCN(C)Cc2cc(-n3cncn3)ccc21. The van der Waals surface area contributed by atoms with Gasteiger partial charge >= 0.3 is 0 Å². The van der Waals surface area contributed by atoms with E-state index in [9.17, 15) is 4.79 Å². The first kappa shape index (κ1) is 12.8. The second kappa shape index (κ2) is 5.05. The molecule has 0 saturated heterocycles. The lowest BCUT2D eigenvalue weighted by molar-refractivity contribution is -0.116. The standard InChI is InChI=1S/C14H17N5O/c1-11(20)18-6-5-17(2)8-12-7-13(3-4-14(12)18)19-10-15-9-16-19/h3-4,7,9-10H,5-6,8H2,1-2H3. The molecular formula is C14H17N5O. The summed E-state index contributed by atoms with van der Waals surface area (Å²) in [6.07, 6.45) is 3.19. The van der Waals surface area contributed by atoms with Crippen molar-refractivity contribution in [3.63, 3.8) is 0 Å². The molecule has 1 aliphatic rings. The summed E-state index contributed by atoms with van der Waals surface area (Å²) >= 11 is 0. The van der Waals surface area contributed by atoms with E-state index in [1.54, 1.807) is 17.9 Å². The molecule has 6 nitrogen and oxygen atoms in total. The van der Waals surface area contributed by atoms with E-state index in [4.69, 9.17) is 0 Å². The van der Waals surface area contributed by atoms with Gasteiger partial charge in [-0.3, -0.25) is 4.79 Å². The first-order valence-corrected chi connectivity index (χ1v) is 6.60. The predicted octanol–water partition coefficient (Wildman–Crippen LogP) is 1.07. The number of aromatic nitrogens is 3. The Morgan fingerprint density at radius 1 is 1.30 bits per heavy atom. The van der Waals surface area contributed by atoms with Crippen LogP contribution >= 0.6 is 0 Å². The topological polar surface area (TPSA) is 54.3 Å². The summed E-state index contributed by atoms with van der Waals surface area (Å²) in [4.78, 5) is 19.8. The number of rotatable bonds is 1. The molecule has 1 aromatic carbocycles. The average molecular weight is 271 g/mol. The molecule has 0 fully saturated rings. The molecule has 0 saturated carbocycles. The highest BCUT2D eigenvalue weighted by Gasteiger charge is 2.21. The number of likely N-dealkylation sites (N-methyl/N-ethyl adjacent to an activating group) is 1. The van der Waals surface area contributed by atoms with E-state index >= 15 is 0 Å². The second-order valence-corrected chi connectivity index (χ2v) is 5.06. The van der Waals surface area contributed by atoms with E-state index < -0.39 is 0 Å². The maximum atomic E-state index is 11.8. The summed E-state index contributed by atoms with van der Waals surface area (Å²) in [7, 11) is 2.07. The van der Waals surface area contributed by atoms with Gasteiger partial charge in [-0.1, -0.05) is 0 Å². The van der Waals surface area contributed by atoms with Crippen LogP contribution in [0.4, 0.5) is 5.69 Å². The fraction of sp³-hybridized carbons (Fsp3) is 0.357. The number of hydrogen-bond acceptors (Lipinski definition) is 4. The zero-order valence-corrected chi connectivity index (χ0v) is 11.7. The number of benzene rings is 1. The molecule has 1 aliphatic heterocycles. The summed E-state index contributed by atoms with van der Waals surface area (Å²) < 4.78 is 1.73. The van der Waals surface area contributed by atoms with Crippen LogP contribution in [0.3, 0.4) is 0 Å². The van der Waals surface area contributed by atoms with E-state index in [-0.39, 0.29) is 5.91 Å². The molecule has 0 aliphatic carbocycles. The van der Waals surface area contributed by atoms with Crippen LogP contribution in [0.2, 0.25) is 0 Å². The number of hydrogen-bond donors (Lipinski definition) is 0. The number of nitrogens with zero attached hydrogens (tertiary/aromatic N) is 5. The van der Waals surface area contributed by atoms with Gasteiger partial charge in [0.15, 0.2) is 0 Å². The molecule has 2 heterocycles. The van der Waals surface area contributed by atoms with Crippen molar-refractivity contribution in [3.05, 3.63) is 36.4 Å². The largest absolute Gasteiger partial charge is 0.311 e. The smallest absolute Gasteiger partial charge is 0.223 e. The minimum atomic E-state index is 0.0788. The van der Waals surface area contributed by atoms with E-state index in [2.05, 4.69) is 28.1 Å². The van der Waals surface area contributed by atoms with Crippen molar-refractivity contribution in [2.24, 2.45) is 0 Å². The van der Waals surface area contributed by atoms with Crippen LogP contribution in [0.1, 0.15) is 12.5 Å². The maximum Gasteiger partial charge on any atom is 0.223 e. The molecule has 0 radical (unpaired) electrons. The Labute approximate surface area is 117 Å². The van der Waals surface area contributed by atoms with Gasteiger partial charge in [-0.05, 0) is 30.8 Å². The number of fused-ring (bicyclic) bond motifs is 1. The van der Waals surface area contributed by atoms with Crippen LogP contribution in [0.25, 0.3) is 5.69 Å². The quantitative estimate of drug-likeness (QED) is 0.778. The van der Waals surface area contributed by atoms with Crippen LogP contribution in [0.5, 0.6) is 0 Å². The summed E-state index contributed by atoms with van der Waals surface area (Å²) in [5.74, 6) is 0.0788. The molecule has 1 aromatic heterocycles. The number of carbonyl (C=O) groups excluding carboxylic acids is 1. The molecule has 0 bridgehead atoms. The van der Waals surface area contributed by atoms with Crippen molar-refractivity contribution in [3.8, 4) is 5.69 Å². The van der Waals surface area contributed by atoms with Gasteiger partial charge in [-0.15, -0.1) is 0 Å². The summed E-state index contributed by atoms with van der Waals surface area (Å²) in [6, 6.07) is 6.03. The highest BCUT2D eigenvalue weighted by molar-refractivity contribution is 5.92.